The molecule has 4 heteroatoms. The van der Waals surface area contributed by atoms with Crippen LogP contribution in [-0.2, 0) is 0 Å². The van der Waals surface area contributed by atoms with Crippen LogP contribution in [-0.4, -0.2) is 42.3 Å². The molecule has 1 aromatic rings. The quantitative estimate of drug-likeness (QED) is 0.871. The van der Waals surface area contributed by atoms with Gasteiger partial charge in [0.05, 0.1) is 0 Å². The van der Waals surface area contributed by atoms with Crippen molar-refractivity contribution in [3.8, 4) is 0 Å². The first-order valence-electron chi connectivity index (χ1n) is 6.55. The Morgan fingerprint density at radius 2 is 1.89 bits per heavy atom. The first kappa shape index (κ1) is 12.9. The number of likely N-dealkylation sites (tertiary alicyclic amines) is 1. The number of benzene rings is 1. The Kier molecular flexibility index (Phi) is 4.59. The van der Waals surface area contributed by atoms with E-state index in [0.29, 0.717) is 6.54 Å². The third kappa shape index (κ3) is 3.47. The Morgan fingerprint density at radius 3 is 2.50 bits per heavy atom. The maximum atomic E-state index is 11.2. The largest absolute Gasteiger partial charge is 0.465 e. The van der Waals surface area contributed by atoms with Crippen LogP contribution in [0.25, 0.3) is 0 Å². The third-order valence-electron chi connectivity index (χ3n) is 3.35. The molecule has 0 aliphatic carbocycles. The van der Waals surface area contributed by atoms with Crippen molar-refractivity contribution in [3.05, 3.63) is 30.3 Å². The van der Waals surface area contributed by atoms with Crippen LogP contribution in [0.4, 0.5) is 10.5 Å². The van der Waals surface area contributed by atoms with Gasteiger partial charge >= 0.3 is 6.09 Å². The summed E-state index contributed by atoms with van der Waals surface area (Å²) in [4.78, 5) is 15.1. The molecule has 1 amide bonds. The van der Waals surface area contributed by atoms with Gasteiger partial charge in [-0.25, -0.2) is 4.79 Å². The number of carboxylic acid groups (broad SMARTS) is 1. The number of amides is 1. The number of carbonyl (C=O) groups is 1. The van der Waals surface area contributed by atoms with E-state index >= 15 is 0 Å². The molecule has 4 nitrogen and oxygen atoms in total. The first-order valence-corrected chi connectivity index (χ1v) is 6.55. The van der Waals surface area contributed by atoms with Gasteiger partial charge in [0.1, 0.15) is 0 Å². The highest BCUT2D eigenvalue weighted by atomic mass is 16.4. The highest BCUT2D eigenvalue weighted by Gasteiger charge is 2.15. The van der Waals surface area contributed by atoms with E-state index in [-0.39, 0.29) is 0 Å². The van der Waals surface area contributed by atoms with Crippen LogP contribution < -0.4 is 4.90 Å². The predicted molar refractivity (Wildman–Crippen MR) is 72.1 cm³/mol. The van der Waals surface area contributed by atoms with Gasteiger partial charge in [0.2, 0.25) is 0 Å². The van der Waals surface area contributed by atoms with Crippen LogP contribution in [0.3, 0.4) is 0 Å². The Labute approximate surface area is 108 Å². The van der Waals surface area contributed by atoms with Gasteiger partial charge in [0.15, 0.2) is 0 Å². The van der Waals surface area contributed by atoms with Gasteiger partial charge in [0, 0.05) is 12.2 Å². The van der Waals surface area contributed by atoms with Crippen LogP contribution in [0.5, 0.6) is 0 Å². The molecule has 1 saturated heterocycles. The summed E-state index contributed by atoms with van der Waals surface area (Å²) < 4.78 is 0. The highest BCUT2D eigenvalue weighted by molar-refractivity contribution is 5.85. The van der Waals surface area contributed by atoms with Gasteiger partial charge in [0.25, 0.3) is 0 Å². The second kappa shape index (κ2) is 6.40. The van der Waals surface area contributed by atoms with Crippen molar-refractivity contribution in [2.24, 2.45) is 0 Å². The van der Waals surface area contributed by atoms with Crippen molar-refractivity contribution in [3.63, 3.8) is 0 Å². The third-order valence-corrected chi connectivity index (χ3v) is 3.35. The SMILES string of the molecule is O=C(O)N(CCCN1CCCC1)c1ccccc1. The van der Waals surface area contributed by atoms with E-state index in [9.17, 15) is 9.90 Å². The molecule has 1 N–H and O–H groups in total. The minimum Gasteiger partial charge on any atom is -0.465 e. The Hall–Kier alpha value is -1.55. The fraction of sp³-hybridized carbons (Fsp3) is 0.500. The van der Waals surface area contributed by atoms with Crippen LogP contribution in [0.15, 0.2) is 30.3 Å². The van der Waals surface area contributed by atoms with Crippen molar-refractivity contribution in [1.29, 1.82) is 0 Å². The molecule has 0 atom stereocenters. The van der Waals surface area contributed by atoms with Gasteiger partial charge in [-0.1, -0.05) is 18.2 Å². The summed E-state index contributed by atoms with van der Waals surface area (Å²) in [5.41, 5.74) is 0.756. The lowest BCUT2D eigenvalue weighted by molar-refractivity contribution is 0.201. The van der Waals surface area contributed by atoms with Crippen LogP contribution in [0, 0.1) is 0 Å². The number of hydrogen-bond donors (Lipinski definition) is 1. The molecule has 1 heterocycles. The number of rotatable bonds is 5. The van der Waals surface area contributed by atoms with E-state index in [4.69, 9.17) is 0 Å². The monoisotopic (exact) mass is 248 g/mol. The lowest BCUT2D eigenvalue weighted by atomic mass is 10.2. The van der Waals surface area contributed by atoms with Gasteiger partial charge in [-0.2, -0.15) is 0 Å². The van der Waals surface area contributed by atoms with E-state index in [1.807, 2.05) is 30.3 Å². The summed E-state index contributed by atoms with van der Waals surface area (Å²) in [6.07, 6.45) is 2.58. The van der Waals surface area contributed by atoms with Crippen molar-refractivity contribution >= 4 is 11.8 Å². The maximum absolute atomic E-state index is 11.2. The zero-order chi connectivity index (χ0) is 12.8. The molecule has 0 unspecified atom stereocenters. The average molecular weight is 248 g/mol. The summed E-state index contributed by atoms with van der Waals surface area (Å²) in [5, 5.41) is 9.23. The standard InChI is InChI=1S/C14H20N2O2/c17-14(18)16(13-7-2-1-3-8-13)12-6-11-15-9-4-5-10-15/h1-3,7-8H,4-6,9-12H2,(H,17,18). The molecule has 0 radical (unpaired) electrons. The summed E-state index contributed by atoms with van der Waals surface area (Å²) in [6.45, 7) is 3.89. The van der Waals surface area contributed by atoms with Crippen molar-refractivity contribution < 1.29 is 9.90 Å². The second-order valence-corrected chi connectivity index (χ2v) is 4.67. The van der Waals surface area contributed by atoms with E-state index in [2.05, 4.69) is 4.90 Å². The average Bonchev–Trinajstić information content (AvgIpc) is 2.88. The Morgan fingerprint density at radius 1 is 1.22 bits per heavy atom. The normalized spacial score (nSPS) is 15.8. The molecule has 0 aromatic heterocycles. The molecule has 0 saturated carbocycles. The lowest BCUT2D eigenvalue weighted by Gasteiger charge is -2.21. The van der Waals surface area contributed by atoms with Crippen molar-refractivity contribution in [2.45, 2.75) is 19.3 Å². The van der Waals surface area contributed by atoms with Crippen molar-refractivity contribution in [1.82, 2.24) is 4.90 Å². The first-order chi connectivity index (χ1) is 8.77. The molecule has 1 fully saturated rings. The van der Waals surface area contributed by atoms with Crippen LogP contribution in [0.2, 0.25) is 0 Å². The highest BCUT2D eigenvalue weighted by Crippen LogP contribution is 2.14. The second-order valence-electron chi connectivity index (χ2n) is 4.67. The molecule has 2 rings (SSSR count). The summed E-state index contributed by atoms with van der Waals surface area (Å²) in [6, 6.07) is 9.30. The molecule has 1 aliphatic heterocycles. The molecule has 1 aliphatic rings. The van der Waals surface area contributed by atoms with Gasteiger partial charge in [-0.15, -0.1) is 0 Å². The molecular formula is C14H20N2O2. The van der Waals surface area contributed by atoms with Gasteiger partial charge in [-0.3, -0.25) is 4.90 Å². The fourth-order valence-electron chi connectivity index (χ4n) is 2.40. The van der Waals surface area contributed by atoms with Crippen molar-refractivity contribution in [2.75, 3.05) is 31.1 Å². The molecule has 0 bridgehead atoms. The van der Waals surface area contributed by atoms with Crippen LogP contribution >= 0.6 is 0 Å². The Bertz CT molecular complexity index is 375. The van der Waals surface area contributed by atoms with E-state index in [1.54, 1.807) is 0 Å². The molecular weight excluding hydrogens is 228 g/mol. The predicted octanol–water partition coefficient (Wildman–Crippen LogP) is 2.66. The zero-order valence-electron chi connectivity index (χ0n) is 10.6. The topological polar surface area (TPSA) is 43.8 Å². The summed E-state index contributed by atoms with van der Waals surface area (Å²) in [5.74, 6) is 0. The number of para-hydroxylation sites is 1. The Balaban J connectivity index is 1.85. The summed E-state index contributed by atoms with van der Waals surface area (Å²) in [7, 11) is 0. The zero-order valence-corrected chi connectivity index (χ0v) is 10.6. The summed E-state index contributed by atoms with van der Waals surface area (Å²) >= 11 is 0. The number of hydrogen-bond acceptors (Lipinski definition) is 2. The number of nitrogens with zero attached hydrogens (tertiary/aromatic N) is 2. The molecule has 0 spiro atoms. The van der Waals surface area contributed by atoms with Gasteiger partial charge in [-0.05, 0) is 51.0 Å². The number of anilines is 1. The minimum absolute atomic E-state index is 0.565. The van der Waals surface area contributed by atoms with Crippen LogP contribution in [0.1, 0.15) is 19.3 Å². The molecule has 1 aromatic carbocycles. The molecule has 98 valence electrons. The smallest absolute Gasteiger partial charge is 0.411 e. The minimum atomic E-state index is -0.873. The molecule has 18 heavy (non-hydrogen) atoms. The maximum Gasteiger partial charge on any atom is 0.411 e. The van der Waals surface area contributed by atoms with Gasteiger partial charge < -0.3 is 10.0 Å². The van der Waals surface area contributed by atoms with E-state index in [1.165, 1.54) is 30.8 Å². The lowest BCUT2D eigenvalue weighted by Crippen LogP contribution is -2.32. The fourth-order valence-corrected chi connectivity index (χ4v) is 2.40. The van der Waals surface area contributed by atoms with E-state index < -0.39 is 6.09 Å². The van der Waals surface area contributed by atoms with E-state index in [0.717, 1.165) is 18.7 Å².